The van der Waals surface area contributed by atoms with E-state index in [0.29, 0.717) is 18.7 Å². The lowest BCUT2D eigenvalue weighted by Gasteiger charge is -2.41. The number of aromatic nitrogens is 1. The minimum Gasteiger partial charge on any atom is -0.480 e. The van der Waals surface area contributed by atoms with Crippen molar-refractivity contribution in [3.63, 3.8) is 0 Å². The quantitative estimate of drug-likeness (QED) is 0.901. The molecule has 0 aromatic carbocycles. The Morgan fingerprint density at radius 3 is 2.76 bits per heavy atom. The molecule has 1 aliphatic rings. The van der Waals surface area contributed by atoms with Crippen molar-refractivity contribution < 1.29 is 14.7 Å². The van der Waals surface area contributed by atoms with Crippen molar-refractivity contribution >= 4 is 27.8 Å². The van der Waals surface area contributed by atoms with Crippen LogP contribution in [0.15, 0.2) is 16.7 Å². The number of rotatable bonds is 4. The van der Waals surface area contributed by atoms with Crippen molar-refractivity contribution in [2.45, 2.75) is 51.6 Å². The second-order valence-corrected chi connectivity index (χ2v) is 6.65. The highest BCUT2D eigenvalue weighted by Crippen LogP contribution is 2.30. The SMILES string of the molecule is CCCn1cc(Br)cc1C(=O)N1CCCCC1(C)C(=O)O. The number of carbonyl (C=O) groups is 2. The van der Waals surface area contributed by atoms with Crippen LogP contribution in [0.25, 0.3) is 0 Å². The molecular weight excluding hydrogens is 336 g/mol. The zero-order valence-corrected chi connectivity index (χ0v) is 14.0. The molecule has 1 aliphatic heterocycles. The number of carboxylic acid groups (broad SMARTS) is 1. The van der Waals surface area contributed by atoms with Crippen LogP contribution in [0.4, 0.5) is 0 Å². The molecule has 1 atom stereocenters. The first-order valence-electron chi connectivity index (χ1n) is 7.31. The van der Waals surface area contributed by atoms with Crippen LogP contribution in [0.3, 0.4) is 0 Å². The molecule has 1 saturated heterocycles. The molecular formula is C15H21BrN2O3. The van der Waals surface area contributed by atoms with E-state index in [4.69, 9.17) is 0 Å². The summed E-state index contributed by atoms with van der Waals surface area (Å²) in [6.45, 7) is 4.93. The van der Waals surface area contributed by atoms with Gasteiger partial charge in [-0.1, -0.05) is 6.92 Å². The predicted octanol–water partition coefficient (Wildman–Crippen LogP) is 3.13. The van der Waals surface area contributed by atoms with Crippen LogP contribution in [0, 0.1) is 0 Å². The lowest BCUT2D eigenvalue weighted by Crippen LogP contribution is -2.57. The summed E-state index contributed by atoms with van der Waals surface area (Å²) in [5.41, 5.74) is -0.554. The van der Waals surface area contributed by atoms with Crippen molar-refractivity contribution in [2.75, 3.05) is 6.54 Å². The number of aliphatic carboxylic acids is 1. The van der Waals surface area contributed by atoms with Gasteiger partial charge in [-0.3, -0.25) is 4.79 Å². The highest BCUT2D eigenvalue weighted by molar-refractivity contribution is 9.10. The summed E-state index contributed by atoms with van der Waals surface area (Å²) in [6, 6.07) is 1.77. The number of hydrogen-bond donors (Lipinski definition) is 1. The monoisotopic (exact) mass is 356 g/mol. The van der Waals surface area contributed by atoms with Gasteiger partial charge in [0.25, 0.3) is 5.91 Å². The minimum absolute atomic E-state index is 0.196. The standard InChI is InChI=1S/C15H21BrN2O3/c1-3-7-17-10-11(16)9-12(17)13(19)18-8-5-4-6-15(18,2)14(20)21/h9-10H,3-8H2,1-2H3,(H,20,21). The van der Waals surface area contributed by atoms with Gasteiger partial charge in [-0.15, -0.1) is 0 Å². The molecule has 0 saturated carbocycles. The van der Waals surface area contributed by atoms with Crippen molar-refractivity contribution in [1.82, 2.24) is 9.47 Å². The van der Waals surface area contributed by atoms with E-state index >= 15 is 0 Å². The molecule has 1 N–H and O–H groups in total. The minimum atomic E-state index is -1.11. The molecule has 0 spiro atoms. The summed E-state index contributed by atoms with van der Waals surface area (Å²) in [6.07, 6.45) is 4.98. The second-order valence-electron chi connectivity index (χ2n) is 5.73. The molecule has 0 aliphatic carbocycles. The first-order valence-corrected chi connectivity index (χ1v) is 8.10. The average Bonchev–Trinajstić information content (AvgIpc) is 2.80. The van der Waals surface area contributed by atoms with E-state index in [0.717, 1.165) is 30.3 Å². The number of hydrogen-bond acceptors (Lipinski definition) is 2. The lowest BCUT2D eigenvalue weighted by molar-refractivity contribution is -0.150. The third-order valence-corrected chi connectivity index (χ3v) is 4.58. The Morgan fingerprint density at radius 2 is 2.14 bits per heavy atom. The van der Waals surface area contributed by atoms with Gasteiger partial charge < -0.3 is 14.6 Å². The van der Waals surface area contributed by atoms with Gasteiger partial charge in [0.15, 0.2) is 0 Å². The van der Waals surface area contributed by atoms with Crippen LogP contribution >= 0.6 is 15.9 Å². The van der Waals surface area contributed by atoms with Crippen LogP contribution < -0.4 is 0 Å². The van der Waals surface area contributed by atoms with E-state index in [9.17, 15) is 14.7 Å². The molecule has 1 amide bonds. The van der Waals surface area contributed by atoms with Crippen molar-refractivity contribution in [3.8, 4) is 0 Å². The van der Waals surface area contributed by atoms with E-state index in [1.54, 1.807) is 13.0 Å². The highest BCUT2D eigenvalue weighted by Gasteiger charge is 2.44. The average molecular weight is 357 g/mol. The van der Waals surface area contributed by atoms with E-state index < -0.39 is 11.5 Å². The molecule has 1 fully saturated rings. The van der Waals surface area contributed by atoms with Crippen molar-refractivity contribution in [2.24, 2.45) is 0 Å². The second kappa shape index (κ2) is 6.22. The zero-order valence-electron chi connectivity index (χ0n) is 12.4. The molecule has 0 bridgehead atoms. The van der Waals surface area contributed by atoms with Crippen LogP contribution in [0.5, 0.6) is 0 Å². The maximum atomic E-state index is 12.8. The Hall–Kier alpha value is -1.30. The summed E-state index contributed by atoms with van der Waals surface area (Å²) >= 11 is 3.39. The third-order valence-electron chi connectivity index (χ3n) is 4.14. The number of nitrogens with zero attached hydrogens (tertiary/aromatic N) is 2. The number of likely N-dealkylation sites (tertiary alicyclic amines) is 1. The molecule has 5 nitrogen and oxygen atoms in total. The number of carbonyl (C=O) groups excluding carboxylic acids is 1. The summed E-state index contributed by atoms with van der Waals surface area (Å²) < 4.78 is 2.73. The molecule has 6 heteroatoms. The van der Waals surface area contributed by atoms with Gasteiger partial charge in [0, 0.05) is 23.8 Å². The smallest absolute Gasteiger partial charge is 0.329 e. The molecule has 21 heavy (non-hydrogen) atoms. The largest absolute Gasteiger partial charge is 0.480 e. The zero-order chi connectivity index (χ0) is 15.6. The molecule has 1 unspecified atom stereocenters. The van der Waals surface area contributed by atoms with E-state index in [2.05, 4.69) is 15.9 Å². The van der Waals surface area contributed by atoms with Gasteiger partial charge in [0.05, 0.1) is 0 Å². The van der Waals surface area contributed by atoms with E-state index in [1.807, 2.05) is 17.7 Å². The van der Waals surface area contributed by atoms with Crippen LogP contribution in [-0.2, 0) is 11.3 Å². The highest BCUT2D eigenvalue weighted by atomic mass is 79.9. The fraction of sp³-hybridized carbons (Fsp3) is 0.600. The third kappa shape index (κ3) is 3.00. The molecule has 0 radical (unpaired) electrons. The summed E-state index contributed by atoms with van der Waals surface area (Å²) in [4.78, 5) is 26.0. The van der Waals surface area contributed by atoms with Crippen LogP contribution in [-0.4, -0.2) is 38.5 Å². The fourth-order valence-corrected chi connectivity index (χ4v) is 3.35. The molecule has 1 aromatic rings. The van der Waals surface area contributed by atoms with E-state index in [1.165, 1.54) is 4.90 Å². The Kier molecular flexibility index (Phi) is 4.76. The molecule has 1 aromatic heterocycles. The van der Waals surface area contributed by atoms with Gasteiger partial charge in [-0.25, -0.2) is 4.79 Å². The Balaban J connectivity index is 2.35. The van der Waals surface area contributed by atoms with E-state index in [-0.39, 0.29) is 5.91 Å². The number of carboxylic acids is 1. The van der Waals surface area contributed by atoms with Gasteiger partial charge in [0.1, 0.15) is 11.2 Å². The van der Waals surface area contributed by atoms with Crippen molar-refractivity contribution in [3.05, 3.63) is 22.4 Å². The number of aryl methyl sites for hydroxylation is 1. The van der Waals surface area contributed by atoms with Crippen LogP contribution in [0.2, 0.25) is 0 Å². The number of halogens is 1. The van der Waals surface area contributed by atoms with Gasteiger partial charge in [-0.05, 0) is 54.6 Å². The van der Waals surface area contributed by atoms with Crippen LogP contribution in [0.1, 0.15) is 50.0 Å². The molecule has 2 heterocycles. The van der Waals surface area contributed by atoms with Crippen molar-refractivity contribution in [1.29, 1.82) is 0 Å². The van der Waals surface area contributed by atoms with Gasteiger partial charge in [0.2, 0.25) is 0 Å². The summed E-state index contributed by atoms with van der Waals surface area (Å²) in [5.74, 6) is -1.12. The normalized spacial score (nSPS) is 22.3. The van der Waals surface area contributed by atoms with Gasteiger partial charge >= 0.3 is 5.97 Å². The lowest BCUT2D eigenvalue weighted by atomic mass is 9.88. The Morgan fingerprint density at radius 1 is 1.43 bits per heavy atom. The number of amides is 1. The molecule has 2 rings (SSSR count). The molecule has 116 valence electrons. The predicted molar refractivity (Wildman–Crippen MR) is 83.4 cm³/mol. The summed E-state index contributed by atoms with van der Waals surface area (Å²) in [7, 11) is 0. The fourth-order valence-electron chi connectivity index (χ4n) is 2.89. The Labute approximate surface area is 133 Å². The maximum absolute atomic E-state index is 12.8. The first kappa shape index (κ1) is 16.1. The number of piperidine rings is 1. The van der Waals surface area contributed by atoms with Gasteiger partial charge in [-0.2, -0.15) is 0 Å². The maximum Gasteiger partial charge on any atom is 0.329 e. The topological polar surface area (TPSA) is 62.5 Å². The first-order chi connectivity index (χ1) is 9.90. The Bertz CT molecular complexity index is 555. The summed E-state index contributed by atoms with van der Waals surface area (Å²) in [5, 5.41) is 9.53.